The number of hydrogen-bond acceptors (Lipinski definition) is 4. The van der Waals surface area contributed by atoms with Crippen LogP contribution in [0.3, 0.4) is 0 Å². The molecule has 2 aromatic rings. The zero-order valence-corrected chi connectivity index (χ0v) is 16.0. The van der Waals surface area contributed by atoms with Gasteiger partial charge in [-0.2, -0.15) is 0 Å². The van der Waals surface area contributed by atoms with E-state index in [2.05, 4.69) is 4.98 Å². The SMILES string of the molecule is Cc1nc2c(c(=O)n1C)CCN(C(=O)CN(C)Cc1ccccc1F)CC2. The molecule has 0 aliphatic carbocycles. The third-order valence-electron chi connectivity index (χ3n) is 5.10. The summed E-state index contributed by atoms with van der Waals surface area (Å²) in [4.78, 5) is 33.3. The van der Waals surface area contributed by atoms with E-state index in [1.165, 1.54) is 6.07 Å². The predicted octanol–water partition coefficient (Wildman–Crippen LogP) is 1.29. The summed E-state index contributed by atoms with van der Waals surface area (Å²) in [5.74, 6) is 0.401. The van der Waals surface area contributed by atoms with Crippen molar-refractivity contribution in [3.05, 3.63) is 63.1 Å². The second-order valence-corrected chi connectivity index (χ2v) is 7.09. The van der Waals surface area contributed by atoms with Gasteiger partial charge < -0.3 is 4.90 Å². The van der Waals surface area contributed by atoms with Gasteiger partial charge in [0.25, 0.3) is 5.56 Å². The molecule has 0 saturated heterocycles. The van der Waals surface area contributed by atoms with Gasteiger partial charge in [0, 0.05) is 44.2 Å². The van der Waals surface area contributed by atoms with Gasteiger partial charge in [-0.15, -0.1) is 0 Å². The highest BCUT2D eigenvalue weighted by atomic mass is 19.1. The van der Waals surface area contributed by atoms with Crippen molar-refractivity contribution in [1.29, 1.82) is 0 Å². The molecule has 0 spiro atoms. The summed E-state index contributed by atoms with van der Waals surface area (Å²) in [6.45, 7) is 3.43. The fourth-order valence-corrected chi connectivity index (χ4v) is 3.42. The number of nitrogens with zero attached hydrogens (tertiary/aromatic N) is 4. The van der Waals surface area contributed by atoms with E-state index < -0.39 is 0 Å². The van der Waals surface area contributed by atoms with Crippen LogP contribution in [-0.4, -0.2) is 51.9 Å². The first-order valence-electron chi connectivity index (χ1n) is 9.12. The van der Waals surface area contributed by atoms with Gasteiger partial charge in [-0.25, -0.2) is 9.37 Å². The van der Waals surface area contributed by atoms with Crippen LogP contribution < -0.4 is 5.56 Å². The van der Waals surface area contributed by atoms with Gasteiger partial charge in [0.1, 0.15) is 11.6 Å². The predicted molar refractivity (Wildman–Crippen MR) is 101 cm³/mol. The molecule has 144 valence electrons. The Balaban J connectivity index is 1.64. The molecule has 0 N–H and O–H groups in total. The van der Waals surface area contributed by atoms with Crippen LogP contribution in [0.15, 0.2) is 29.1 Å². The maximum atomic E-state index is 13.8. The van der Waals surface area contributed by atoms with E-state index in [9.17, 15) is 14.0 Å². The number of hydrogen-bond donors (Lipinski definition) is 0. The van der Waals surface area contributed by atoms with E-state index in [-0.39, 0.29) is 23.8 Å². The molecule has 7 heteroatoms. The topological polar surface area (TPSA) is 58.4 Å². The van der Waals surface area contributed by atoms with Crippen LogP contribution in [0.5, 0.6) is 0 Å². The van der Waals surface area contributed by atoms with E-state index in [1.807, 2.05) is 6.92 Å². The lowest BCUT2D eigenvalue weighted by atomic mass is 10.1. The van der Waals surface area contributed by atoms with Gasteiger partial charge in [-0.1, -0.05) is 18.2 Å². The first-order chi connectivity index (χ1) is 12.9. The molecular formula is C20H25FN4O2. The minimum absolute atomic E-state index is 0.0183. The van der Waals surface area contributed by atoms with Gasteiger partial charge in [-0.3, -0.25) is 19.1 Å². The number of fused-ring (bicyclic) bond motifs is 1. The van der Waals surface area contributed by atoms with Gasteiger partial charge in [0.15, 0.2) is 0 Å². The number of amides is 1. The maximum absolute atomic E-state index is 13.8. The molecule has 0 saturated carbocycles. The molecule has 1 aliphatic heterocycles. The Hall–Kier alpha value is -2.54. The highest BCUT2D eigenvalue weighted by Gasteiger charge is 2.23. The number of rotatable bonds is 4. The first kappa shape index (κ1) is 19.2. The minimum Gasteiger partial charge on any atom is -0.341 e. The summed E-state index contributed by atoms with van der Waals surface area (Å²) < 4.78 is 15.3. The number of benzene rings is 1. The molecule has 0 fully saturated rings. The second-order valence-electron chi connectivity index (χ2n) is 7.09. The lowest BCUT2D eigenvalue weighted by molar-refractivity contribution is -0.132. The number of aryl methyl sites for hydroxylation is 1. The average Bonchev–Trinajstić information content (AvgIpc) is 2.84. The Kier molecular flexibility index (Phi) is 5.70. The van der Waals surface area contributed by atoms with E-state index in [1.54, 1.807) is 46.7 Å². The highest BCUT2D eigenvalue weighted by Crippen LogP contribution is 2.13. The Bertz CT molecular complexity index is 909. The van der Waals surface area contributed by atoms with Gasteiger partial charge in [0.05, 0.1) is 12.2 Å². The van der Waals surface area contributed by atoms with Crippen molar-refractivity contribution in [2.24, 2.45) is 7.05 Å². The Morgan fingerprint density at radius 2 is 1.96 bits per heavy atom. The van der Waals surface area contributed by atoms with Crippen molar-refractivity contribution in [1.82, 2.24) is 19.4 Å². The number of aromatic nitrogens is 2. The molecule has 1 aliphatic rings. The average molecular weight is 372 g/mol. The molecule has 1 aromatic carbocycles. The third-order valence-corrected chi connectivity index (χ3v) is 5.10. The Morgan fingerprint density at radius 3 is 2.70 bits per heavy atom. The van der Waals surface area contributed by atoms with Crippen molar-refractivity contribution < 1.29 is 9.18 Å². The zero-order valence-electron chi connectivity index (χ0n) is 16.0. The summed E-state index contributed by atoms with van der Waals surface area (Å²) in [5, 5.41) is 0. The molecule has 6 nitrogen and oxygen atoms in total. The van der Waals surface area contributed by atoms with Crippen LogP contribution >= 0.6 is 0 Å². The second kappa shape index (κ2) is 8.00. The van der Waals surface area contributed by atoms with Gasteiger partial charge >= 0.3 is 0 Å². The van der Waals surface area contributed by atoms with Gasteiger partial charge in [-0.05, 0) is 26.5 Å². The standard InChI is InChI=1S/C20H25FN4O2/c1-14-22-18-9-11-25(10-8-16(18)20(27)24(14)3)19(26)13-23(2)12-15-6-4-5-7-17(15)21/h4-7H,8-13H2,1-3H3. The highest BCUT2D eigenvalue weighted by molar-refractivity contribution is 5.78. The molecular weight excluding hydrogens is 347 g/mol. The molecule has 1 aromatic heterocycles. The summed E-state index contributed by atoms with van der Waals surface area (Å²) >= 11 is 0. The number of carbonyl (C=O) groups excluding carboxylic acids is 1. The van der Waals surface area contributed by atoms with Crippen LogP contribution in [0.2, 0.25) is 0 Å². The van der Waals surface area contributed by atoms with E-state index in [0.717, 1.165) is 5.69 Å². The largest absolute Gasteiger partial charge is 0.341 e. The number of likely N-dealkylation sites (N-methyl/N-ethyl adjacent to an activating group) is 1. The van der Waals surface area contributed by atoms with Crippen molar-refractivity contribution >= 4 is 5.91 Å². The van der Waals surface area contributed by atoms with Crippen molar-refractivity contribution in [2.45, 2.75) is 26.3 Å². The van der Waals surface area contributed by atoms with Crippen LogP contribution in [0.1, 0.15) is 22.6 Å². The molecule has 0 radical (unpaired) electrons. The Morgan fingerprint density at radius 1 is 1.26 bits per heavy atom. The first-order valence-corrected chi connectivity index (χ1v) is 9.12. The summed E-state index contributed by atoms with van der Waals surface area (Å²) in [6, 6.07) is 6.59. The molecule has 2 heterocycles. The molecule has 1 amide bonds. The summed E-state index contributed by atoms with van der Waals surface area (Å²) in [5.41, 5.74) is 2.05. The van der Waals surface area contributed by atoms with Crippen molar-refractivity contribution in [3.63, 3.8) is 0 Å². The van der Waals surface area contributed by atoms with Crippen LogP contribution in [0, 0.1) is 12.7 Å². The van der Waals surface area contributed by atoms with Crippen LogP contribution in [0.4, 0.5) is 4.39 Å². The van der Waals surface area contributed by atoms with Crippen LogP contribution in [-0.2, 0) is 31.2 Å². The van der Waals surface area contributed by atoms with Gasteiger partial charge in [0.2, 0.25) is 5.91 Å². The van der Waals surface area contributed by atoms with E-state index in [4.69, 9.17) is 0 Å². The zero-order chi connectivity index (χ0) is 19.6. The third kappa shape index (κ3) is 4.24. The fraction of sp³-hybridized carbons (Fsp3) is 0.450. The lowest BCUT2D eigenvalue weighted by Crippen LogP contribution is -2.40. The molecule has 0 bridgehead atoms. The quantitative estimate of drug-likeness (QED) is 0.812. The minimum atomic E-state index is -0.265. The maximum Gasteiger partial charge on any atom is 0.256 e. The number of halogens is 1. The summed E-state index contributed by atoms with van der Waals surface area (Å²) in [7, 11) is 3.52. The molecule has 3 rings (SSSR count). The van der Waals surface area contributed by atoms with E-state index >= 15 is 0 Å². The molecule has 27 heavy (non-hydrogen) atoms. The van der Waals surface area contributed by atoms with Crippen molar-refractivity contribution in [3.8, 4) is 0 Å². The molecule has 0 unspecified atom stereocenters. The van der Waals surface area contributed by atoms with Crippen LogP contribution in [0.25, 0.3) is 0 Å². The van der Waals surface area contributed by atoms with E-state index in [0.29, 0.717) is 49.4 Å². The fourth-order valence-electron chi connectivity index (χ4n) is 3.42. The molecule has 0 atom stereocenters. The van der Waals surface area contributed by atoms with Crippen molar-refractivity contribution in [2.75, 3.05) is 26.7 Å². The normalized spacial score (nSPS) is 14.2. The monoisotopic (exact) mass is 372 g/mol. The summed E-state index contributed by atoms with van der Waals surface area (Å²) in [6.07, 6.45) is 1.09. The smallest absolute Gasteiger partial charge is 0.256 e. The number of carbonyl (C=O) groups is 1. The lowest BCUT2D eigenvalue weighted by Gasteiger charge is -2.24. The Labute approximate surface area is 158 Å².